The highest BCUT2D eigenvalue weighted by Gasteiger charge is 2.17. The van der Waals surface area contributed by atoms with Gasteiger partial charge in [0.15, 0.2) is 0 Å². The van der Waals surface area contributed by atoms with Crippen molar-refractivity contribution in [3.05, 3.63) is 63.9 Å². The van der Waals surface area contributed by atoms with Gasteiger partial charge in [0.2, 0.25) is 0 Å². The van der Waals surface area contributed by atoms with E-state index >= 15 is 0 Å². The summed E-state index contributed by atoms with van der Waals surface area (Å²) >= 11 is 0. The number of nitro groups is 1. The fourth-order valence-electron chi connectivity index (χ4n) is 2.58. The third-order valence-electron chi connectivity index (χ3n) is 3.67. The van der Waals surface area contributed by atoms with Crippen LogP contribution in [0.25, 0.3) is 10.9 Å². The summed E-state index contributed by atoms with van der Waals surface area (Å²) in [7, 11) is 0. The summed E-state index contributed by atoms with van der Waals surface area (Å²) in [5.41, 5.74) is 3.45. The van der Waals surface area contributed by atoms with Crippen LogP contribution in [0.1, 0.15) is 24.8 Å². The molecule has 1 heterocycles. The number of aromatic amines is 1. The lowest BCUT2D eigenvalue weighted by molar-refractivity contribution is -0.384. The van der Waals surface area contributed by atoms with Crippen LogP contribution in [0.15, 0.2) is 48.2 Å². The average molecular weight is 254 g/mol. The number of allylic oxidation sites excluding steroid dienone is 4. The van der Waals surface area contributed by atoms with Gasteiger partial charge in [0.1, 0.15) is 0 Å². The van der Waals surface area contributed by atoms with E-state index in [1.165, 1.54) is 11.6 Å². The minimum atomic E-state index is -0.352. The van der Waals surface area contributed by atoms with Crippen LogP contribution in [0.4, 0.5) is 5.69 Å². The van der Waals surface area contributed by atoms with Gasteiger partial charge in [-0.25, -0.2) is 0 Å². The first-order valence-electron chi connectivity index (χ1n) is 6.29. The lowest BCUT2D eigenvalue weighted by Gasteiger charge is -2.10. The topological polar surface area (TPSA) is 58.9 Å². The number of H-pyrrole nitrogens is 1. The Morgan fingerprint density at radius 2 is 2.26 bits per heavy atom. The fraction of sp³-hybridized carbons (Fsp3) is 0.200. The maximum absolute atomic E-state index is 10.9. The lowest BCUT2D eigenvalue weighted by Crippen LogP contribution is -1.94. The van der Waals surface area contributed by atoms with Gasteiger partial charge in [-0.3, -0.25) is 10.1 Å². The number of nitrogens with one attached hydrogen (secondary N) is 1. The highest BCUT2D eigenvalue weighted by atomic mass is 16.6. The summed E-state index contributed by atoms with van der Waals surface area (Å²) in [6, 6.07) is 4.95. The van der Waals surface area contributed by atoms with E-state index in [0.717, 1.165) is 22.9 Å². The van der Waals surface area contributed by atoms with Gasteiger partial charge in [-0.1, -0.05) is 25.2 Å². The lowest BCUT2D eigenvalue weighted by atomic mass is 9.93. The van der Waals surface area contributed by atoms with Crippen molar-refractivity contribution in [1.29, 1.82) is 0 Å². The number of hydrogen-bond donors (Lipinski definition) is 1. The van der Waals surface area contributed by atoms with Gasteiger partial charge in [0, 0.05) is 35.2 Å². The molecule has 1 unspecified atom stereocenters. The molecule has 1 N–H and O–H groups in total. The maximum atomic E-state index is 10.9. The Balaban J connectivity index is 2.10. The quantitative estimate of drug-likeness (QED) is 0.663. The van der Waals surface area contributed by atoms with Crippen molar-refractivity contribution < 1.29 is 4.92 Å². The molecule has 0 amide bonds. The highest BCUT2D eigenvalue weighted by molar-refractivity contribution is 5.86. The standard InChI is InChI=1S/C15H14N2O2/c1-10(11-4-2-3-5-11)14-9-16-15-7-6-12(17(18)19)8-13(14)15/h2,4-10,16H,3H2,1H3. The van der Waals surface area contributed by atoms with Crippen molar-refractivity contribution in [2.24, 2.45) is 0 Å². The summed E-state index contributed by atoms with van der Waals surface area (Å²) in [6.45, 7) is 2.13. The minimum absolute atomic E-state index is 0.136. The van der Waals surface area contributed by atoms with Crippen molar-refractivity contribution >= 4 is 16.6 Å². The number of aromatic nitrogens is 1. The minimum Gasteiger partial charge on any atom is -0.361 e. The molecule has 1 aromatic heterocycles. The molecule has 0 aliphatic heterocycles. The van der Waals surface area contributed by atoms with Crippen molar-refractivity contribution in [2.75, 3.05) is 0 Å². The van der Waals surface area contributed by atoms with E-state index in [4.69, 9.17) is 0 Å². The van der Waals surface area contributed by atoms with Gasteiger partial charge < -0.3 is 4.98 Å². The fourth-order valence-corrected chi connectivity index (χ4v) is 2.58. The molecule has 0 saturated carbocycles. The van der Waals surface area contributed by atoms with E-state index in [0.29, 0.717) is 0 Å². The molecule has 1 aliphatic carbocycles. The second-order valence-electron chi connectivity index (χ2n) is 4.79. The highest BCUT2D eigenvalue weighted by Crippen LogP contribution is 2.34. The molecule has 3 rings (SSSR count). The zero-order valence-corrected chi connectivity index (χ0v) is 10.6. The summed E-state index contributed by atoms with van der Waals surface area (Å²) in [5.74, 6) is 0.245. The molecule has 19 heavy (non-hydrogen) atoms. The van der Waals surface area contributed by atoms with Gasteiger partial charge in [-0.15, -0.1) is 0 Å². The number of hydrogen-bond acceptors (Lipinski definition) is 2. The van der Waals surface area contributed by atoms with Crippen LogP contribution in [-0.2, 0) is 0 Å². The van der Waals surface area contributed by atoms with Crippen molar-refractivity contribution in [2.45, 2.75) is 19.3 Å². The number of nitrogens with zero attached hydrogens (tertiary/aromatic N) is 1. The smallest absolute Gasteiger partial charge is 0.270 e. The average Bonchev–Trinajstić information content (AvgIpc) is 3.06. The molecule has 1 atom stereocenters. The largest absolute Gasteiger partial charge is 0.361 e. The Hall–Kier alpha value is -2.36. The first-order chi connectivity index (χ1) is 9.16. The van der Waals surface area contributed by atoms with Gasteiger partial charge >= 0.3 is 0 Å². The number of non-ortho nitro benzene ring substituents is 1. The van der Waals surface area contributed by atoms with Crippen LogP contribution in [0.3, 0.4) is 0 Å². The molecule has 0 fully saturated rings. The molecule has 0 radical (unpaired) electrons. The molecule has 1 aliphatic rings. The van der Waals surface area contributed by atoms with Crippen LogP contribution >= 0.6 is 0 Å². The molecule has 0 bridgehead atoms. The van der Waals surface area contributed by atoms with Crippen LogP contribution in [-0.4, -0.2) is 9.91 Å². The molecule has 2 aromatic rings. The van der Waals surface area contributed by atoms with E-state index in [1.54, 1.807) is 12.1 Å². The molecule has 96 valence electrons. The summed E-state index contributed by atoms with van der Waals surface area (Å²) in [6.07, 6.45) is 9.37. The summed E-state index contributed by atoms with van der Waals surface area (Å²) < 4.78 is 0. The summed E-state index contributed by atoms with van der Waals surface area (Å²) in [5, 5.41) is 11.8. The van der Waals surface area contributed by atoms with Crippen molar-refractivity contribution in [3.8, 4) is 0 Å². The summed E-state index contributed by atoms with van der Waals surface area (Å²) in [4.78, 5) is 13.7. The molecular formula is C15H14N2O2. The second kappa shape index (κ2) is 4.39. The Kier molecular flexibility index (Phi) is 2.71. The van der Waals surface area contributed by atoms with E-state index in [-0.39, 0.29) is 16.5 Å². The van der Waals surface area contributed by atoms with Crippen LogP contribution in [0, 0.1) is 10.1 Å². The van der Waals surface area contributed by atoms with Gasteiger partial charge in [0.25, 0.3) is 5.69 Å². The molecule has 1 aromatic carbocycles. The monoisotopic (exact) mass is 254 g/mol. The maximum Gasteiger partial charge on any atom is 0.270 e. The zero-order valence-electron chi connectivity index (χ0n) is 10.6. The van der Waals surface area contributed by atoms with Crippen molar-refractivity contribution in [3.63, 3.8) is 0 Å². The first kappa shape index (κ1) is 11.7. The normalized spacial score (nSPS) is 15.7. The van der Waals surface area contributed by atoms with E-state index in [2.05, 4.69) is 30.1 Å². The van der Waals surface area contributed by atoms with Crippen molar-refractivity contribution in [1.82, 2.24) is 4.98 Å². The SMILES string of the molecule is CC(C1=CCC=C1)c1c[nH]c2ccc([N+](=O)[O-])cc12. The van der Waals surface area contributed by atoms with Gasteiger partial charge in [0.05, 0.1) is 4.92 Å². The molecule has 0 spiro atoms. The second-order valence-corrected chi connectivity index (χ2v) is 4.79. The van der Waals surface area contributed by atoms with Gasteiger partial charge in [-0.2, -0.15) is 0 Å². The number of fused-ring (bicyclic) bond motifs is 1. The number of rotatable bonds is 3. The van der Waals surface area contributed by atoms with E-state index in [1.807, 2.05) is 6.20 Å². The number of nitro benzene ring substituents is 1. The third kappa shape index (κ3) is 1.95. The van der Waals surface area contributed by atoms with Crippen LogP contribution < -0.4 is 0 Å². The van der Waals surface area contributed by atoms with Crippen LogP contribution in [0.2, 0.25) is 0 Å². The zero-order chi connectivity index (χ0) is 13.4. The molecule has 4 heteroatoms. The molecule has 0 saturated heterocycles. The molecular weight excluding hydrogens is 240 g/mol. The van der Waals surface area contributed by atoms with Gasteiger partial charge in [-0.05, 0) is 23.6 Å². The van der Waals surface area contributed by atoms with E-state index < -0.39 is 0 Å². The predicted molar refractivity (Wildman–Crippen MR) is 75.2 cm³/mol. The molecule has 4 nitrogen and oxygen atoms in total. The van der Waals surface area contributed by atoms with E-state index in [9.17, 15) is 10.1 Å². The Morgan fingerprint density at radius 1 is 1.42 bits per heavy atom. The van der Waals surface area contributed by atoms with Crippen LogP contribution in [0.5, 0.6) is 0 Å². The predicted octanol–water partition coefficient (Wildman–Crippen LogP) is 4.07. The Labute approximate surface area is 110 Å². The Morgan fingerprint density at radius 3 is 2.95 bits per heavy atom. The first-order valence-corrected chi connectivity index (χ1v) is 6.29. The third-order valence-corrected chi connectivity index (χ3v) is 3.67. The Bertz CT molecular complexity index is 710. The number of benzene rings is 1.